The first-order chi connectivity index (χ1) is 6.84. The van der Waals surface area contributed by atoms with Gasteiger partial charge in [-0.25, -0.2) is 0 Å². The zero-order valence-electron chi connectivity index (χ0n) is 8.22. The Morgan fingerprint density at radius 3 is 2.07 bits per heavy atom. The van der Waals surface area contributed by atoms with Crippen LogP contribution in [0.15, 0.2) is 24.3 Å². The lowest BCUT2D eigenvalue weighted by Gasteiger charge is -2.01. The van der Waals surface area contributed by atoms with Crippen molar-refractivity contribution in [1.82, 2.24) is 0 Å². The number of halogens is 4. The van der Waals surface area contributed by atoms with Crippen molar-refractivity contribution < 1.29 is 22.0 Å². The van der Waals surface area contributed by atoms with Gasteiger partial charge in [0.1, 0.15) is 5.30 Å². The van der Waals surface area contributed by atoms with E-state index in [2.05, 4.69) is 6.07 Å². The van der Waals surface area contributed by atoms with Crippen LogP contribution in [0.5, 0.6) is 5.75 Å². The van der Waals surface area contributed by atoms with E-state index in [1.807, 2.05) is 34.4 Å². The molecular weight excluding hydrogens is 230 g/mol. The van der Waals surface area contributed by atoms with Crippen LogP contribution in [-0.4, -0.2) is 13.9 Å². The molecule has 86 valence electrons. The molecule has 0 aliphatic carbocycles. The molecule has 0 heterocycles. The monoisotopic (exact) mass is 242 g/mol. The fourth-order valence-electron chi connectivity index (χ4n) is 0.800. The van der Waals surface area contributed by atoms with Gasteiger partial charge in [0.2, 0.25) is 0 Å². The van der Waals surface area contributed by atoms with Gasteiger partial charge in [-0.15, -0.1) is 0 Å². The third-order valence-corrected chi connectivity index (χ3v) is 1.86. The highest BCUT2D eigenvalue weighted by Gasteiger charge is 2.20. The van der Waals surface area contributed by atoms with Crippen molar-refractivity contribution in [2.45, 2.75) is 6.92 Å². The number of hydrogen-bond donors (Lipinski definition) is 0. The molecule has 0 aliphatic heterocycles. The second-order valence-electron chi connectivity index (χ2n) is 2.54. The molecule has 0 fully saturated rings. The lowest BCUT2D eigenvalue weighted by molar-refractivity contribution is 0.343. The number of ether oxygens (including phenoxy) is 1. The predicted octanol–water partition coefficient (Wildman–Crippen LogP) is 2.62. The van der Waals surface area contributed by atoms with E-state index in [4.69, 9.17) is 4.74 Å². The number of hydrogen-bond acceptors (Lipinski definition) is 1. The Labute approximate surface area is 88.1 Å². The summed E-state index contributed by atoms with van der Waals surface area (Å²) in [6.45, 7) is 2.74. The van der Waals surface area contributed by atoms with E-state index in [1.165, 1.54) is 5.30 Å². The van der Waals surface area contributed by atoms with Gasteiger partial charge in [-0.2, -0.15) is 0 Å². The van der Waals surface area contributed by atoms with Crippen LogP contribution >= 0.6 is 9.24 Å². The smallest absolute Gasteiger partial charge is 0.490 e. The van der Waals surface area contributed by atoms with Gasteiger partial charge in [-0.1, -0.05) is 12.1 Å². The highest BCUT2D eigenvalue weighted by Crippen LogP contribution is 2.08. The van der Waals surface area contributed by atoms with Crippen LogP contribution in [0.3, 0.4) is 0 Å². The van der Waals surface area contributed by atoms with Crippen molar-refractivity contribution >= 4 is 21.8 Å². The Morgan fingerprint density at radius 1 is 1.20 bits per heavy atom. The van der Waals surface area contributed by atoms with E-state index in [0.717, 1.165) is 12.4 Å². The maximum absolute atomic E-state index is 9.75. The first-order valence-corrected chi connectivity index (χ1v) is 4.96. The predicted molar refractivity (Wildman–Crippen MR) is 58.5 cm³/mol. The standard InChI is InChI=1S/C8H11OP.BF4/c1-2-9-7-5-3-4-6-8(7)10;2-1(3,4)5/h3-6H,2,10H2,1H3;/q;-1/p+1. The Balaban J connectivity index is 0.000000336. The van der Waals surface area contributed by atoms with Gasteiger partial charge in [-0.3, -0.25) is 0 Å². The van der Waals surface area contributed by atoms with E-state index < -0.39 is 7.25 Å². The topological polar surface area (TPSA) is 9.23 Å². The SMILES string of the molecule is CCOc1ccccc1[PH3+].F[B-](F)(F)F. The summed E-state index contributed by atoms with van der Waals surface area (Å²) >= 11 is 0. The molecule has 15 heavy (non-hydrogen) atoms. The first-order valence-electron chi connectivity index (χ1n) is 4.25. The Morgan fingerprint density at radius 2 is 1.67 bits per heavy atom. The number of para-hydroxylation sites is 1. The molecule has 0 aromatic heterocycles. The maximum atomic E-state index is 9.75. The van der Waals surface area contributed by atoms with Gasteiger partial charge in [0.05, 0.1) is 6.61 Å². The zero-order chi connectivity index (χ0) is 11.9. The highest BCUT2D eigenvalue weighted by atomic mass is 31.0. The lowest BCUT2D eigenvalue weighted by atomic mass is 10.3. The molecule has 0 radical (unpaired) electrons. The molecule has 0 N–H and O–H groups in total. The van der Waals surface area contributed by atoms with Gasteiger partial charge in [0, 0.05) is 9.24 Å². The molecule has 0 bridgehead atoms. The average molecular weight is 242 g/mol. The average Bonchev–Trinajstić information content (AvgIpc) is 2.06. The largest absolute Gasteiger partial charge is 0.673 e. The summed E-state index contributed by atoms with van der Waals surface area (Å²) in [7, 11) is -4.15. The molecular formula is C8H12BF4OP. The van der Waals surface area contributed by atoms with Crippen LogP contribution in [0.2, 0.25) is 0 Å². The van der Waals surface area contributed by atoms with Gasteiger partial charge in [-0.05, 0) is 19.1 Å². The quantitative estimate of drug-likeness (QED) is 0.440. The van der Waals surface area contributed by atoms with E-state index in [0.29, 0.717) is 0 Å². The minimum absolute atomic E-state index is 0.745. The molecule has 0 amide bonds. The molecule has 1 aromatic carbocycles. The van der Waals surface area contributed by atoms with Gasteiger partial charge in [0.15, 0.2) is 5.75 Å². The molecule has 0 aliphatic rings. The molecule has 1 nitrogen and oxygen atoms in total. The molecule has 0 saturated heterocycles. The Hall–Kier alpha value is -0.765. The van der Waals surface area contributed by atoms with Crippen LogP contribution in [-0.2, 0) is 0 Å². The minimum atomic E-state index is -6.00. The minimum Gasteiger partial charge on any atom is -0.490 e. The summed E-state index contributed by atoms with van der Waals surface area (Å²) < 4.78 is 44.3. The molecule has 1 unspecified atom stereocenters. The first kappa shape index (κ1) is 14.2. The van der Waals surface area contributed by atoms with Crippen LogP contribution in [0, 0.1) is 0 Å². The Bertz CT molecular complexity index is 286. The Kier molecular flexibility index (Phi) is 6.33. The summed E-state index contributed by atoms with van der Waals surface area (Å²) in [5, 5.41) is 1.23. The second-order valence-corrected chi connectivity index (χ2v) is 3.30. The molecule has 7 heteroatoms. The third kappa shape index (κ3) is 9.54. The normalized spacial score (nSPS) is 10.5. The van der Waals surface area contributed by atoms with Crippen molar-refractivity contribution in [3.63, 3.8) is 0 Å². The molecule has 0 saturated carbocycles. The summed E-state index contributed by atoms with van der Waals surface area (Å²) in [4.78, 5) is 0. The van der Waals surface area contributed by atoms with Crippen LogP contribution < -0.4 is 10.0 Å². The lowest BCUT2D eigenvalue weighted by Crippen LogP contribution is -2.02. The summed E-state index contributed by atoms with van der Waals surface area (Å²) in [6, 6.07) is 8.06. The van der Waals surface area contributed by atoms with E-state index >= 15 is 0 Å². The molecule has 0 spiro atoms. The van der Waals surface area contributed by atoms with Crippen molar-refractivity contribution in [2.24, 2.45) is 0 Å². The summed E-state index contributed by atoms with van der Waals surface area (Å²) in [6.07, 6.45) is 0. The number of rotatable bonds is 2. The maximum Gasteiger partial charge on any atom is 0.673 e. The van der Waals surface area contributed by atoms with Gasteiger partial charge >= 0.3 is 7.25 Å². The van der Waals surface area contributed by atoms with Crippen LogP contribution in [0.4, 0.5) is 17.3 Å². The van der Waals surface area contributed by atoms with Crippen molar-refractivity contribution in [3.05, 3.63) is 24.3 Å². The fourth-order valence-corrected chi connectivity index (χ4v) is 1.16. The second kappa shape index (κ2) is 6.67. The van der Waals surface area contributed by atoms with Crippen LogP contribution in [0.1, 0.15) is 6.92 Å². The summed E-state index contributed by atoms with van der Waals surface area (Å²) in [5.41, 5.74) is 0. The molecule has 1 aromatic rings. The molecule has 1 rings (SSSR count). The van der Waals surface area contributed by atoms with E-state index in [1.54, 1.807) is 0 Å². The third-order valence-electron chi connectivity index (χ3n) is 1.27. The van der Waals surface area contributed by atoms with Crippen LogP contribution in [0.25, 0.3) is 0 Å². The van der Waals surface area contributed by atoms with Crippen molar-refractivity contribution in [1.29, 1.82) is 0 Å². The van der Waals surface area contributed by atoms with Gasteiger partial charge < -0.3 is 22.0 Å². The van der Waals surface area contributed by atoms with Crippen molar-refractivity contribution in [2.75, 3.05) is 6.61 Å². The zero-order valence-corrected chi connectivity index (χ0v) is 9.64. The fraction of sp³-hybridized carbons (Fsp3) is 0.250. The van der Waals surface area contributed by atoms with Gasteiger partial charge in [0.25, 0.3) is 0 Å². The molecule has 1 atom stereocenters. The van der Waals surface area contributed by atoms with Crippen molar-refractivity contribution in [3.8, 4) is 5.75 Å². The van der Waals surface area contributed by atoms with E-state index in [9.17, 15) is 17.3 Å². The van der Waals surface area contributed by atoms with E-state index in [-0.39, 0.29) is 0 Å². The number of benzene rings is 1. The highest BCUT2D eigenvalue weighted by molar-refractivity contribution is 7.27. The summed E-state index contributed by atoms with van der Waals surface area (Å²) in [5.74, 6) is 1.00.